The highest BCUT2D eigenvalue weighted by Gasteiger charge is 2.21. The maximum atomic E-state index is 5.40. The van der Waals surface area contributed by atoms with E-state index in [1.165, 1.54) is 10.4 Å². The van der Waals surface area contributed by atoms with Crippen molar-refractivity contribution in [2.24, 2.45) is 0 Å². The maximum absolute atomic E-state index is 5.40. The minimum Gasteiger partial charge on any atom is -0.121 e. The Morgan fingerprint density at radius 1 is 0.354 bits per heavy atom. The average Bonchev–Trinajstić information content (AvgIpc) is 3.14. The molecule has 0 spiro atoms. The van der Waals surface area contributed by atoms with E-state index in [4.69, 9.17) is 25.7 Å². The number of hydrogen-bond acceptors (Lipinski definition) is 0. The van der Waals surface area contributed by atoms with Crippen molar-refractivity contribution in [1.29, 1.82) is 0 Å². The van der Waals surface area contributed by atoms with Gasteiger partial charge in [0.15, 0.2) is 16.1 Å². The van der Waals surface area contributed by atoms with E-state index in [-0.39, 0.29) is 0 Å². The summed E-state index contributed by atoms with van der Waals surface area (Å²) >= 11 is 0. The third-order valence-electron chi connectivity index (χ3n) is 7.28. The Labute approximate surface area is 290 Å². The smallest absolute Gasteiger partial charge is 0.121 e. The predicted molar refractivity (Wildman–Crippen MR) is 212 cm³/mol. The van der Waals surface area contributed by atoms with Crippen LogP contribution in [0.5, 0.6) is 0 Å². The van der Waals surface area contributed by atoms with Crippen LogP contribution in [-0.2, 0) is 0 Å². The van der Waals surface area contributed by atoms with Crippen molar-refractivity contribution in [2.45, 2.75) is 26.2 Å². The fourth-order valence-electron chi connectivity index (χ4n) is 4.38. The van der Waals surface area contributed by atoms with E-state index in [0.717, 1.165) is 33.4 Å². The number of benzene rings is 5. The first-order valence-corrected chi connectivity index (χ1v) is 21.4. The van der Waals surface area contributed by atoms with Gasteiger partial charge in [-0.15, -0.1) is 36.8 Å². The summed E-state index contributed by atoms with van der Waals surface area (Å²) in [6, 6.07) is 44.1. The van der Waals surface area contributed by atoms with Crippen LogP contribution in [0.25, 0.3) is 0 Å². The number of terminal acetylenes is 4. The molecule has 0 heterocycles. The Kier molecular flexibility index (Phi) is 13.7. The lowest BCUT2D eigenvalue weighted by atomic mass is 10.1. The van der Waals surface area contributed by atoms with Crippen molar-refractivity contribution in [3.63, 3.8) is 0 Å². The van der Waals surface area contributed by atoms with Gasteiger partial charge in [0.25, 0.3) is 0 Å². The molecule has 5 aromatic carbocycles. The standard InChI is InChI=1S/2C18H16Si.C10H6/c2*1-4-16-9-8-10-17(15-16)13-14-19(2,3)18-11-6-5-7-12-18;1-3-9-6-5-7-10(4-2)8-9/h2*1,5-12,15H,2-3H3;1-2,5-8H. The van der Waals surface area contributed by atoms with E-state index in [2.05, 4.69) is 121 Å². The third kappa shape index (κ3) is 11.7. The minimum atomic E-state index is -1.70. The average molecular weight is 647 g/mol. The molecular weight excluding hydrogens is 609 g/mol. The summed E-state index contributed by atoms with van der Waals surface area (Å²) in [6.45, 7) is 9.06. The van der Waals surface area contributed by atoms with Gasteiger partial charge >= 0.3 is 0 Å². The van der Waals surface area contributed by atoms with E-state index in [1.54, 1.807) is 6.07 Å². The van der Waals surface area contributed by atoms with Gasteiger partial charge in [0.2, 0.25) is 0 Å². The molecule has 0 unspecified atom stereocenters. The van der Waals surface area contributed by atoms with Crippen molar-refractivity contribution in [3.8, 4) is 72.3 Å². The summed E-state index contributed by atoms with van der Waals surface area (Å²) < 4.78 is 0. The van der Waals surface area contributed by atoms with Gasteiger partial charge in [-0.3, -0.25) is 0 Å². The Morgan fingerprint density at radius 2 is 0.625 bits per heavy atom. The minimum absolute atomic E-state index is 0.829. The molecule has 0 aromatic heterocycles. The second kappa shape index (κ2) is 18.1. The number of rotatable bonds is 2. The monoisotopic (exact) mass is 646 g/mol. The highest BCUT2D eigenvalue weighted by Crippen LogP contribution is 2.07. The molecule has 0 N–H and O–H groups in total. The van der Waals surface area contributed by atoms with Gasteiger partial charge in [0.1, 0.15) is 0 Å². The van der Waals surface area contributed by atoms with E-state index in [1.807, 2.05) is 78.9 Å². The fourth-order valence-corrected chi connectivity index (χ4v) is 7.64. The summed E-state index contributed by atoms with van der Waals surface area (Å²) in [5, 5.41) is 2.71. The van der Waals surface area contributed by atoms with E-state index >= 15 is 0 Å². The Balaban J connectivity index is 0.000000205. The Bertz CT molecular complexity index is 1970. The quantitative estimate of drug-likeness (QED) is 0.135. The maximum Gasteiger partial charge on any atom is 0.163 e. The van der Waals surface area contributed by atoms with Crippen LogP contribution >= 0.6 is 0 Å². The Hall–Kier alpha value is -6.11. The van der Waals surface area contributed by atoms with Crippen LogP contribution in [0.2, 0.25) is 26.2 Å². The molecule has 2 heteroatoms. The predicted octanol–water partition coefficient (Wildman–Crippen LogP) is 8.00. The van der Waals surface area contributed by atoms with E-state index in [9.17, 15) is 0 Å². The first-order valence-electron chi connectivity index (χ1n) is 15.4. The Morgan fingerprint density at radius 3 is 0.917 bits per heavy atom. The van der Waals surface area contributed by atoms with Crippen molar-refractivity contribution in [2.75, 3.05) is 0 Å². The molecule has 0 saturated heterocycles. The van der Waals surface area contributed by atoms with Crippen molar-refractivity contribution in [1.82, 2.24) is 0 Å². The molecule has 5 aromatic rings. The molecule has 0 saturated carbocycles. The van der Waals surface area contributed by atoms with Gasteiger partial charge in [0.05, 0.1) is 0 Å². The fraction of sp³-hybridized carbons (Fsp3) is 0.0870. The normalized spacial score (nSPS) is 9.67. The van der Waals surface area contributed by atoms with Crippen LogP contribution in [0.1, 0.15) is 33.4 Å². The summed E-state index contributed by atoms with van der Waals surface area (Å²) in [5.74, 6) is 16.8. The van der Waals surface area contributed by atoms with Gasteiger partial charge < -0.3 is 0 Å². The van der Waals surface area contributed by atoms with Gasteiger partial charge in [0, 0.05) is 33.4 Å². The van der Waals surface area contributed by atoms with Crippen LogP contribution in [0.15, 0.2) is 133 Å². The summed E-state index contributed by atoms with van der Waals surface area (Å²) in [5.41, 5.74) is 12.3. The number of hydrogen-bond donors (Lipinski definition) is 0. The second-order valence-corrected chi connectivity index (χ2v) is 20.0. The molecular formula is C46H38Si2. The lowest BCUT2D eigenvalue weighted by Gasteiger charge is -2.14. The van der Waals surface area contributed by atoms with Crippen molar-refractivity contribution in [3.05, 3.63) is 167 Å². The summed E-state index contributed by atoms with van der Waals surface area (Å²) in [7, 11) is -3.41. The van der Waals surface area contributed by atoms with Gasteiger partial charge in [-0.25, -0.2) is 0 Å². The molecule has 0 bridgehead atoms. The largest absolute Gasteiger partial charge is 0.163 e. The molecule has 5 rings (SSSR count). The molecule has 0 aliphatic carbocycles. The molecule has 0 radical (unpaired) electrons. The molecule has 0 atom stereocenters. The van der Waals surface area contributed by atoms with E-state index in [0.29, 0.717) is 0 Å². The van der Waals surface area contributed by atoms with E-state index < -0.39 is 16.1 Å². The highest BCUT2D eigenvalue weighted by molar-refractivity contribution is 6.96. The lowest BCUT2D eigenvalue weighted by molar-refractivity contribution is 1.60. The topological polar surface area (TPSA) is 0 Å². The molecule has 230 valence electrons. The first kappa shape index (κ1) is 36.4. The van der Waals surface area contributed by atoms with Gasteiger partial charge in [-0.2, -0.15) is 0 Å². The van der Waals surface area contributed by atoms with Crippen molar-refractivity contribution >= 4 is 26.5 Å². The molecule has 48 heavy (non-hydrogen) atoms. The lowest BCUT2D eigenvalue weighted by Crippen LogP contribution is -2.39. The second-order valence-electron chi connectivity index (χ2n) is 11.8. The molecule has 0 fully saturated rings. The molecule has 0 amide bonds. The molecule has 0 nitrogen and oxygen atoms in total. The first-order chi connectivity index (χ1) is 23.1. The van der Waals surface area contributed by atoms with Gasteiger partial charge in [-0.05, 0) is 65.0 Å². The van der Waals surface area contributed by atoms with Crippen LogP contribution in [0.4, 0.5) is 0 Å². The summed E-state index contributed by atoms with van der Waals surface area (Å²) in [4.78, 5) is 0. The van der Waals surface area contributed by atoms with Crippen molar-refractivity contribution < 1.29 is 0 Å². The van der Waals surface area contributed by atoms with Crippen LogP contribution < -0.4 is 10.4 Å². The highest BCUT2D eigenvalue weighted by atomic mass is 28.3. The molecule has 0 aliphatic rings. The van der Waals surface area contributed by atoms with Crippen LogP contribution in [0.3, 0.4) is 0 Å². The van der Waals surface area contributed by atoms with Crippen LogP contribution in [0, 0.1) is 72.3 Å². The van der Waals surface area contributed by atoms with Crippen LogP contribution in [-0.4, -0.2) is 16.1 Å². The molecule has 0 aliphatic heterocycles. The SMILES string of the molecule is C#Cc1cccc(C#C)c1.C#Cc1cccc(C#C[Si](C)(C)c2ccccc2)c1.C#Cc1cccc(C#C[Si](C)(C)c2ccccc2)c1. The zero-order chi connectivity index (χ0) is 34.8. The zero-order valence-corrected chi connectivity index (χ0v) is 30.0. The zero-order valence-electron chi connectivity index (χ0n) is 28.0. The van der Waals surface area contributed by atoms with Gasteiger partial charge in [-0.1, -0.05) is 141 Å². The summed E-state index contributed by atoms with van der Waals surface area (Å²) in [6.07, 6.45) is 21.1. The third-order valence-corrected chi connectivity index (χ3v) is 12.3.